The number of hydrogen-bond acceptors (Lipinski definition) is 6. The largest absolute Gasteiger partial charge is 0.478 e. The average molecular weight is 240 g/mol. The van der Waals surface area contributed by atoms with Crippen LogP contribution in [0.15, 0.2) is 12.4 Å². The smallest absolute Gasteiger partial charge is 0.218 e. The van der Waals surface area contributed by atoms with E-state index in [2.05, 4.69) is 15.3 Å². The highest BCUT2D eigenvalue weighted by atomic mass is 16.5. The Bertz CT molecular complexity index is 322. The number of aromatic nitrogens is 2. The zero-order valence-electron chi connectivity index (χ0n) is 10.3. The monoisotopic (exact) mass is 240 g/mol. The summed E-state index contributed by atoms with van der Waals surface area (Å²) >= 11 is 0. The molecule has 0 bridgehead atoms. The third-order valence-corrected chi connectivity index (χ3v) is 2.10. The lowest BCUT2D eigenvalue weighted by Crippen LogP contribution is -2.33. The minimum atomic E-state index is 0.0360. The van der Waals surface area contributed by atoms with E-state index < -0.39 is 0 Å². The summed E-state index contributed by atoms with van der Waals surface area (Å²) in [6.07, 6.45) is 2.41. The van der Waals surface area contributed by atoms with E-state index in [9.17, 15) is 0 Å². The molecule has 17 heavy (non-hydrogen) atoms. The van der Waals surface area contributed by atoms with Gasteiger partial charge in [0.15, 0.2) is 0 Å². The second-order valence-corrected chi connectivity index (χ2v) is 3.62. The minimum Gasteiger partial charge on any atom is -0.478 e. The molecule has 1 atom stereocenters. The van der Waals surface area contributed by atoms with E-state index in [-0.39, 0.29) is 6.04 Å². The van der Waals surface area contributed by atoms with Crippen LogP contribution in [0.25, 0.3) is 0 Å². The summed E-state index contributed by atoms with van der Waals surface area (Å²) in [5, 5.41) is 3.17. The standard InChI is InChI=1S/C11H20N4O2/c1-3-4-17-11-5-10(13-8-14-11)15-9(6-12)7-16-2/h5,8-9H,3-4,6-7,12H2,1-2H3,(H,13,14,15). The number of nitrogens with zero attached hydrogens (tertiary/aromatic N) is 2. The van der Waals surface area contributed by atoms with Gasteiger partial charge in [0.1, 0.15) is 12.1 Å². The predicted molar refractivity (Wildman–Crippen MR) is 66.2 cm³/mol. The number of hydrogen-bond donors (Lipinski definition) is 2. The molecule has 0 radical (unpaired) electrons. The Balaban J connectivity index is 2.57. The van der Waals surface area contributed by atoms with Crippen molar-refractivity contribution in [2.24, 2.45) is 5.73 Å². The van der Waals surface area contributed by atoms with Gasteiger partial charge < -0.3 is 20.5 Å². The van der Waals surface area contributed by atoms with E-state index in [0.29, 0.717) is 31.5 Å². The van der Waals surface area contributed by atoms with Gasteiger partial charge in [-0.05, 0) is 6.42 Å². The summed E-state index contributed by atoms with van der Waals surface area (Å²) in [5.41, 5.74) is 5.61. The van der Waals surface area contributed by atoms with Crippen LogP contribution >= 0.6 is 0 Å². The van der Waals surface area contributed by atoms with Crippen LogP contribution in [0, 0.1) is 0 Å². The maximum atomic E-state index is 5.61. The predicted octanol–water partition coefficient (Wildman–Crippen LogP) is 0.651. The Hall–Kier alpha value is -1.40. The van der Waals surface area contributed by atoms with Crippen LogP contribution in [-0.2, 0) is 4.74 Å². The minimum absolute atomic E-state index is 0.0360. The molecule has 96 valence electrons. The topological polar surface area (TPSA) is 82.3 Å². The molecule has 0 spiro atoms. The molecule has 0 saturated heterocycles. The molecule has 1 aromatic heterocycles. The van der Waals surface area contributed by atoms with Gasteiger partial charge >= 0.3 is 0 Å². The Labute approximate surface area is 102 Å². The third kappa shape index (κ3) is 4.97. The van der Waals surface area contributed by atoms with Crippen LogP contribution in [0.5, 0.6) is 5.88 Å². The number of methoxy groups -OCH3 is 1. The molecule has 1 heterocycles. The van der Waals surface area contributed by atoms with Crippen LogP contribution in [0.1, 0.15) is 13.3 Å². The molecule has 3 N–H and O–H groups in total. The molecule has 0 aliphatic carbocycles. The fourth-order valence-corrected chi connectivity index (χ4v) is 1.28. The summed E-state index contributed by atoms with van der Waals surface area (Å²) < 4.78 is 10.5. The van der Waals surface area contributed by atoms with Crippen molar-refractivity contribution in [3.8, 4) is 5.88 Å². The second-order valence-electron chi connectivity index (χ2n) is 3.62. The van der Waals surface area contributed by atoms with Crippen molar-refractivity contribution in [3.63, 3.8) is 0 Å². The molecule has 0 aliphatic rings. The fraction of sp³-hybridized carbons (Fsp3) is 0.636. The summed E-state index contributed by atoms with van der Waals surface area (Å²) in [6.45, 7) is 3.70. The van der Waals surface area contributed by atoms with Crippen molar-refractivity contribution in [2.45, 2.75) is 19.4 Å². The second kappa shape index (κ2) is 7.81. The van der Waals surface area contributed by atoms with E-state index in [1.807, 2.05) is 6.92 Å². The Kier molecular flexibility index (Phi) is 6.27. The van der Waals surface area contributed by atoms with Crippen molar-refractivity contribution >= 4 is 5.82 Å². The van der Waals surface area contributed by atoms with Gasteiger partial charge in [0.2, 0.25) is 5.88 Å². The first-order valence-corrected chi connectivity index (χ1v) is 5.70. The highest BCUT2D eigenvalue weighted by molar-refractivity contribution is 5.38. The molecular weight excluding hydrogens is 220 g/mol. The van der Waals surface area contributed by atoms with Crippen molar-refractivity contribution in [2.75, 3.05) is 32.2 Å². The van der Waals surface area contributed by atoms with Crippen molar-refractivity contribution in [3.05, 3.63) is 12.4 Å². The molecule has 1 aromatic rings. The van der Waals surface area contributed by atoms with Crippen LogP contribution in [0.4, 0.5) is 5.82 Å². The van der Waals surface area contributed by atoms with Crippen LogP contribution in [0.3, 0.4) is 0 Å². The Morgan fingerprint density at radius 2 is 2.29 bits per heavy atom. The molecule has 0 saturated carbocycles. The van der Waals surface area contributed by atoms with Crippen molar-refractivity contribution in [1.29, 1.82) is 0 Å². The van der Waals surface area contributed by atoms with Gasteiger partial charge in [-0.25, -0.2) is 9.97 Å². The molecule has 6 heteroatoms. The van der Waals surface area contributed by atoms with Gasteiger partial charge in [-0.1, -0.05) is 6.92 Å². The molecular formula is C11H20N4O2. The fourth-order valence-electron chi connectivity index (χ4n) is 1.28. The molecule has 0 amide bonds. The zero-order valence-corrected chi connectivity index (χ0v) is 10.3. The lowest BCUT2D eigenvalue weighted by atomic mass is 10.3. The summed E-state index contributed by atoms with van der Waals surface area (Å²) in [4.78, 5) is 8.12. The van der Waals surface area contributed by atoms with Crippen molar-refractivity contribution < 1.29 is 9.47 Å². The van der Waals surface area contributed by atoms with Gasteiger partial charge in [0.05, 0.1) is 19.3 Å². The number of anilines is 1. The van der Waals surface area contributed by atoms with E-state index in [1.165, 1.54) is 6.33 Å². The number of rotatable bonds is 8. The van der Waals surface area contributed by atoms with Gasteiger partial charge in [0.25, 0.3) is 0 Å². The lowest BCUT2D eigenvalue weighted by molar-refractivity contribution is 0.187. The van der Waals surface area contributed by atoms with Crippen LogP contribution in [-0.4, -0.2) is 42.9 Å². The van der Waals surface area contributed by atoms with Crippen LogP contribution in [0.2, 0.25) is 0 Å². The molecule has 0 aliphatic heterocycles. The number of nitrogens with one attached hydrogen (secondary N) is 1. The quantitative estimate of drug-likeness (QED) is 0.694. The third-order valence-electron chi connectivity index (χ3n) is 2.10. The Morgan fingerprint density at radius 1 is 1.47 bits per heavy atom. The van der Waals surface area contributed by atoms with Gasteiger partial charge in [-0.2, -0.15) is 0 Å². The summed E-state index contributed by atoms with van der Waals surface area (Å²) in [7, 11) is 1.64. The molecule has 0 aromatic carbocycles. The Morgan fingerprint density at radius 3 is 2.94 bits per heavy atom. The van der Waals surface area contributed by atoms with Crippen LogP contribution < -0.4 is 15.8 Å². The molecule has 1 unspecified atom stereocenters. The normalized spacial score (nSPS) is 12.2. The van der Waals surface area contributed by atoms with E-state index in [0.717, 1.165) is 6.42 Å². The van der Waals surface area contributed by atoms with E-state index in [1.54, 1.807) is 13.2 Å². The average Bonchev–Trinajstić information content (AvgIpc) is 2.36. The first kappa shape index (κ1) is 13.7. The number of ether oxygens (including phenoxy) is 2. The zero-order chi connectivity index (χ0) is 12.5. The lowest BCUT2D eigenvalue weighted by Gasteiger charge is -2.16. The van der Waals surface area contributed by atoms with Gasteiger partial charge in [-0.15, -0.1) is 0 Å². The molecule has 6 nitrogen and oxygen atoms in total. The number of nitrogens with two attached hydrogens (primary N) is 1. The molecule has 0 fully saturated rings. The maximum Gasteiger partial charge on any atom is 0.218 e. The van der Waals surface area contributed by atoms with Gasteiger partial charge in [0, 0.05) is 19.7 Å². The van der Waals surface area contributed by atoms with E-state index in [4.69, 9.17) is 15.2 Å². The molecule has 1 rings (SSSR count). The summed E-state index contributed by atoms with van der Waals surface area (Å²) in [6, 6.07) is 1.79. The SMILES string of the molecule is CCCOc1cc(NC(CN)COC)ncn1. The maximum absolute atomic E-state index is 5.61. The first-order chi connectivity index (χ1) is 8.30. The summed E-state index contributed by atoms with van der Waals surface area (Å²) in [5.74, 6) is 1.26. The van der Waals surface area contributed by atoms with Crippen molar-refractivity contribution in [1.82, 2.24) is 9.97 Å². The van der Waals surface area contributed by atoms with E-state index >= 15 is 0 Å². The highest BCUT2D eigenvalue weighted by Crippen LogP contribution is 2.12. The highest BCUT2D eigenvalue weighted by Gasteiger charge is 2.07. The van der Waals surface area contributed by atoms with Gasteiger partial charge in [-0.3, -0.25) is 0 Å². The first-order valence-electron chi connectivity index (χ1n) is 5.70.